The molecule has 0 spiro atoms. The van der Waals surface area contributed by atoms with E-state index in [0.29, 0.717) is 13.1 Å². The Labute approximate surface area is 174 Å². The van der Waals surface area contributed by atoms with Crippen molar-refractivity contribution in [1.82, 2.24) is 19.7 Å². The monoisotopic (exact) mass is 404 g/mol. The predicted molar refractivity (Wildman–Crippen MR) is 113 cm³/mol. The maximum atomic E-state index is 13.0. The summed E-state index contributed by atoms with van der Waals surface area (Å²) in [7, 11) is 0. The fourth-order valence-electron chi connectivity index (χ4n) is 4.19. The minimum atomic E-state index is -0.0549. The van der Waals surface area contributed by atoms with Gasteiger partial charge in [-0.2, -0.15) is 5.10 Å². The summed E-state index contributed by atoms with van der Waals surface area (Å²) in [5.74, 6) is 0.274. The number of aromatic amines is 1. The lowest BCUT2D eigenvalue weighted by Crippen LogP contribution is -2.51. The van der Waals surface area contributed by atoms with Crippen molar-refractivity contribution in [3.05, 3.63) is 48.8 Å². The summed E-state index contributed by atoms with van der Waals surface area (Å²) in [6, 6.07) is 5.89. The van der Waals surface area contributed by atoms with E-state index >= 15 is 0 Å². The number of H-pyrrole nitrogens is 1. The fraction of sp³-hybridized carbons (Fsp3) is 0.364. The number of imidazole rings is 1. The van der Waals surface area contributed by atoms with Gasteiger partial charge in [-0.05, 0) is 37.5 Å². The van der Waals surface area contributed by atoms with E-state index in [1.165, 1.54) is 0 Å². The van der Waals surface area contributed by atoms with Crippen molar-refractivity contribution >= 4 is 23.2 Å². The Morgan fingerprint density at radius 3 is 2.70 bits per heavy atom. The lowest BCUT2D eigenvalue weighted by Gasteiger charge is -2.41. The van der Waals surface area contributed by atoms with Gasteiger partial charge in [0.15, 0.2) is 0 Å². The van der Waals surface area contributed by atoms with Crippen LogP contribution in [0.5, 0.6) is 0 Å². The molecule has 0 saturated heterocycles. The van der Waals surface area contributed by atoms with Gasteiger partial charge >= 0.3 is 0 Å². The zero-order valence-electron chi connectivity index (χ0n) is 17.1. The highest BCUT2D eigenvalue weighted by atomic mass is 16.2. The molecule has 1 saturated carbocycles. The third-order valence-corrected chi connectivity index (χ3v) is 5.80. The highest BCUT2D eigenvalue weighted by Gasteiger charge is 2.39. The molecule has 2 aromatic heterocycles. The first kappa shape index (κ1) is 18.6. The molecule has 8 heteroatoms. The molecular formula is C22H24N6O2. The summed E-state index contributed by atoms with van der Waals surface area (Å²) < 4.78 is 1.85. The van der Waals surface area contributed by atoms with Gasteiger partial charge in [-0.25, -0.2) is 4.98 Å². The van der Waals surface area contributed by atoms with Crippen molar-refractivity contribution in [1.29, 1.82) is 0 Å². The topological polar surface area (TPSA) is 87.1 Å². The zero-order chi connectivity index (χ0) is 20.8. The molecule has 1 aliphatic heterocycles. The van der Waals surface area contributed by atoms with E-state index in [9.17, 15) is 9.59 Å². The molecule has 1 atom stereocenters. The number of fused-ring (bicyclic) bond motifs is 1. The van der Waals surface area contributed by atoms with Crippen LogP contribution in [0.2, 0.25) is 0 Å². The Bertz CT molecular complexity index is 1100. The number of hydrogen-bond acceptors (Lipinski definition) is 4. The van der Waals surface area contributed by atoms with Gasteiger partial charge in [-0.1, -0.05) is 6.07 Å². The summed E-state index contributed by atoms with van der Waals surface area (Å²) in [4.78, 5) is 36.0. The first-order chi connectivity index (χ1) is 14.5. The first-order valence-corrected chi connectivity index (χ1v) is 10.3. The quantitative estimate of drug-likeness (QED) is 0.724. The number of nitrogens with one attached hydrogen (secondary N) is 1. The molecule has 1 aromatic carbocycles. The molecule has 0 unspecified atom stereocenters. The highest BCUT2D eigenvalue weighted by molar-refractivity contribution is 6.06. The fourth-order valence-corrected chi connectivity index (χ4v) is 4.19. The molecule has 2 aliphatic rings. The third kappa shape index (κ3) is 3.28. The van der Waals surface area contributed by atoms with E-state index in [-0.39, 0.29) is 23.8 Å². The van der Waals surface area contributed by atoms with E-state index in [2.05, 4.69) is 15.1 Å². The summed E-state index contributed by atoms with van der Waals surface area (Å²) in [5, 5.41) is 4.45. The van der Waals surface area contributed by atoms with Crippen LogP contribution >= 0.6 is 0 Å². The van der Waals surface area contributed by atoms with Crippen LogP contribution in [0.25, 0.3) is 11.1 Å². The number of amides is 2. The van der Waals surface area contributed by atoms with Gasteiger partial charge in [-0.3, -0.25) is 14.3 Å². The average Bonchev–Trinajstić information content (AvgIpc) is 3.25. The van der Waals surface area contributed by atoms with Crippen LogP contribution in [-0.4, -0.2) is 44.1 Å². The zero-order valence-corrected chi connectivity index (χ0v) is 17.1. The molecule has 5 rings (SSSR count). The molecule has 3 heterocycles. The Morgan fingerprint density at radius 2 is 2.00 bits per heavy atom. The van der Waals surface area contributed by atoms with Crippen LogP contribution in [0.1, 0.15) is 32.4 Å². The highest BCUT2D eigenvalue weighted by Crippen LogP contribution is 2.42. The average molecular weight is 404 g/mol. The molecule has 8 nitrogen and oxygen atoms in total. The van der Waals surface area contributed by atoms with Gasteiger partial charge in [0.05, 0.1) is 42.2 Å². The minimum Gasteiger partial charge on any atom is -0.347 e. The Kier molecular flexibility index (Phi) is 4.42. The maximum absolute atomic E-state index is 13.0. The molecule has 1 N–H and O–H groups in total. The van der Waals surface area contributed by atoms with Crippen LogP contribution in [0, 0.1) is 5.92 Å². The van der Waals surface area contributed by atoms with Crippen LogP contribution in [0.15, 0.2) is 43.1 Å². The van der Waals surface area contributed by atoms with Crippen molar-refractivity contribution in [3.8, 4) is 11.1 Å². The van der Waals surface area contributed by atoms with Crippen LogP contribution in [0.4, 0.5) is 11.4 Å². The van der Waals surface area contributed by atoms with Gasteiger partial charge < -0.3 is 14.8 Å². The molecule has 0 radical (unpaired) electrons. The van der Waals surface area contributed by atoms with Gasteiger partial charge in [0.1, 0.15) is 0 Å². The predicted octanol–water partition coefficient (Wildman–Crippen LogP) is 2.82. The SMILES string of the molecule is CC(=O)N1c2ccc(-c3cnn(Cc4cnc[nH]4)c3)cc2N(C(=O)C2CC2)C[C@@H]1C. The second kappa shape index (κ2) is 7.12. The molecule has 0 bridgehead atoms. The molecule has 30 heavy (non-hydrogen) atoms. The van der Waals surface area contributed by atoms with Gasteiger partial charge in [-0.15, -0.1) is 0 Å². The van der Waals surface area contributed by atoms with Crippen LogP contribution in [0.3, 0.4) is 0 Å². The number of carbonyl (C=O) groups excluding carboxylic acids is 2. The smallest absolute Gasteiger partial charge is 0.230 e. The second-order valence-corrected chi connectivity index (χ2v) is 8.17. The van der Waals surface area contributed by atoms with Gasteiger partial charge in [0.2, 0.25) is 11.8 Å². The number of nitrogens with zero attached hydrogens (tertiary/aromatic N) is 5. The Balaban J connectivity index is 1.51. The number of aromatic nitrogens is 4. The largest absolute Gasteiger partial charge is 0.347 e. The van der Waals surface area contributed by atoms with Crippen LogP contribution < -0.4 is 9.80 Å². The number of carbonyl (C=O) groups is 2. The van der Waals surface area contributed by atoms with Crippen molar-refractivity contribution in [2.75, 3.05) is 16.3 Å². The normalized spacial score (nSPS) is 18.4. The van der Waals surface area contributed by atoms with E-state index in [1.807, 2.05) is 47.1 Å². The molecule has 154 valence electrons. The van der Waals surface area contributed by atoms with E-state index < -0.39 is 0 Å². The number of rotatable bonds is 4. The molecule has 3 aromatic rings. The van der Waals surface area contributed by atoms with E-state index in [0.717, 1.165) is 41.0 Å². The summed E-state index contributed by atoms with van der Waals surface area (Å²) >= 11 is 0. The van der Waals surface area contributed by atoms with Crippen molar-refractivity contribution in [2.45, 2.75) is 39.3 Å². The summed E-state index contributed by atoms with van der Waals surface area (Å²) in [6.45, 7) is 4.69. The van der Waals surface area contributed by atoms with Crippen molar-refractivity contribution in [2.24, 2.45) is 5.92 Å². The van der Waals surface area contributed by atoms with E-state index in [4.69, 9.17) is 0 Å². The summed E-state index contributed by atoms with van der Waals surface area (Å²) in [6.07, 6.45) is 9.13. The first-order valence-electron chi connectivity index (χ1n) is 10.3. The number of benzene rings is 1. The number of hydrogen-bond donors (Lipinski definition) is 1. The lowest BCUT2D eigenvalue weighted by molar-refractivity contribution is -0.120. The number of anilines is 2. The maximum Gasteiger partial charge on any atom is 0.230 e. The van der Waals surface area contributed by atoms with Gasteiger partial charge in [0.25, 0.3) is 0 Å². The lowest BCUT2D eigenvalue weighted by atomic mass is 10.0. The molecule has 1 fully saturated rings. The Morgan fingerprint density at radius 1 is 1.17 bits per heavy atom. The molecule has 1 aliphatic carbocycles. The minimum absolute atomic E-state index is 0.0117. The van der Waals surface area contributed by atoms with Crippen LogP contribution in [-0.2, 0) is 16.1 Å². The Hall–Kier alpha value is -3.42. The third-order valence-electron chi connectivity index (χ3n) is 5.80. The van der Waals surface area contributed by atoms with Crippen molar-refractivity contribution in [3.63, 3.8) is 0 Å². The molecule has 2 amide bonds. The standard InChI is InChI=1S/C22H24N6O2/c1-14-10-27(22(30)16-3-4-16)21-7-17(5-6-20(21)28(14)15(2)29)18-8-25-26(11-18)12-19-9-23-13-24-19/h5-9,11,13-14,16H,3-4,10,12H2,1-2H3,(H,23,24)/t14-/m0/s1. The van der Waals surface area contributed by atoms with E-state index in [1.54, 1.807) is 24.3 Å². The summed E-state index contributed by atoms with van der Waals surface area (Å²) in [5.41, 5.74) is 4.51. The van der Waals surface area contributed by atoms with Crippen molar-refractivity contribution < 1.29 is 9.59 Å². The second-order valence-electron chi connectivity index (χ2n) is 8.17. The molecular weight excluding hydrogens is 380 g/mol. The van der Waals surface area contributed by atoms with Gasteiger partial charge in [0, 0.05) is 37.3 Å².